The number of aryl methyl sites for hydroxylation is 1. The standard InChI is InChI=1S/C14H18N6O/c1-10(17-14(21)11-9-15-6-7-16-11)13-19-18-12-5-3-2-4-8-20(12)13/h6-7,9-10H,2-5,8H2,1H3,(H,17,21)/t10-/m0/s1. The summed E-state index contributed by atoms with van der Waals surface area (Å²) in [6.45, 7) is 2.83. The number of amides is 1. The molecule has 1 amide bonds. The van der Waals surface area contributed by atoms with Gasteiger partial charge < -0.3 is 9.88 Å². The van der Waals surface area contributed by atoms with Crippen LogP contribution in [0.5, 0.6) is 0 Å². The molecule has 1 N–H and O–H groups in total. The highest BCUT2D eigenvalue weighted by Crippen LogP contribution is 2.18. The minimum absolute atomic E-state index is 0.209. The second-order valence-electron chi connectivity index (χ2n) is 5.22. The third kappa shape index (κ3) is 2.91. The fourth-order valence-corrected chi connectivity index (χ4v) is 2.58. The molecule has 0 spiro atoms. The van der Waals surface area contributed by atoms with Crippen LogP contribution < -0.4 is 5.32 Å². The molecule has 1 aliphatic heterocycles. The van der Waals surface area contributed by atoms with Gasteiger partial charge in [-0.3, -0.25) is 9.78 Å². The number of nitrogens with one attached hydrogen (secondary N) is 1. The van der Waals surface area contributed by atoms with E-state index in [2.05, 4.69) is 30.0 Å². The number of fused-ring (bicyclic) bond motifs is 1. The molecule has 0 radical (unpaired) electrons. The van der Waals surface area contributed by atoms with E-state index in [0.717, 1.165) is 37.5 Å². The van der Waals surface area contributed by atoms with E-state index in [1.807, 2.05) is 6.92 Å². The highest BCUT2D eigenvalue weighted by atomic mass is 16.1. The Morgan fingerprint density at radius 3 is 3.00 bits per heavy atom. The third-order valence-electron chi connectivity index (χ3n) is 3.67. The summed E-state index contributed by atoms with van der Waals surface area (Å²) in [5.41, 5.74) is 0.306. The summed E-state index contributed by atoms with van der Waals surface area (Å²) in [4.78, 5) is 20.0. The normalized spacial score (nSPS) is 15.9. The van der Waals surface area contributed by atoms with E-state index in [4.69, 9.17) is 0 Å². The summed E-state index contributed by atoms with van der Waals surface area (Å²) in [6.07, 6.45) is 8.94. The maximum Gasteiger partial charge on any atom is 0.272 e. The Balaban J connectivity index is 1.75. The molecule has 0 unspecified atom stereocenters. The van der Waals surface area contributed by atoms with Crippen LogP contribution in [0.1, 0.15) is 54.4 Å². The summed E-state index contributed by atoms with van der Waals surface area (Å²) in [5, 5.41) is 11.4. The molecule has 21 heavy (non-hydrogen) atoms. The molecule has 2 aromatic rings. The summed E-state index contributed by atoms with van der Waals surface area (Å²) < 4.78 is 2.13. The average molecular weight is 286 g/mol. The molecular formula is C14H18N6O. The van der Waals surface area contributed by atoms with Crippen molar-refractivity contribution >= 4 is 5.91 Å². The number of carbonyl (C=O) groups is 1. The molecule has 2 aromatic heterocycles. The lowest BCUT2D eigenvalue weighted by molar-refractivity contribution is 0.0932. The number of hydrogen-bond donors (Lipinski definition) is 1. The molecule has 0 saturated carbocycles. The number of hydrogen-bond acceptors (Lipinski definition) is 5. The van der Waals surface area contributed by atoms with Gasteiger partial charge in [0.25, 0.3) is 5.91 Å². The number of carbonyl (C=O) groups excluding carboxylic acids is 1. The van der Waals surface area contributed by atoms with Crippen molar-refractivity contribution in [3.05, 3.63) is 35.9 Å². The van der Waals surface area contributed by atoms with Crippen molar-refractivity contribution in [1.29, 1.82) is 0 Å². The third-order valence-corrected chi connectivity index (χ3v) is 3.67. The molecule has 0 aromatic carbocycles. The maximum atomic E-state index is 12.1. The number of nitrogens with zero attached hydrogens (tertiary/aromatic N) is 5. The quantitative estimate of drug-likeness (QED) is 0.918. The van der Waals surface area contributed by atoms with Crippen LogP contribution in [0.3, 0.4) is 0 Å². The van der Waals surface area contributed by atoms with E-state index in [-0.39, 0.29) is 11.9 Å². The Morgan fingerprint density at radius 1 is 1.29 bits per heavy atom. The maximum absolute atomic E-state index is 12.1. The van der Waals surface area contributed by atoms with Gasteiger partial charge in [-0.1, -0.05) is 6.42 Å². The van der Waals surface area contributed by atoms with Crippen molar-refractivity contribution in [3.8, 4) is 0 Å². The molecule has 7 heteroatoms. The predicted octanol–water partition coefficient (Wildman–Crippen LogP) is 1.29. The lowest BCUT2D eigenvalue weighted by Crippen LogP contribution is -2.29. The zero-order valence-electron chi connectivity index (χ0n) is 12.0. The predicted molar refractivity (Wildman–Crippen MR) is 75.5 cm³/mol. The fraction of sp³-hybridized carbons (Fsp3) is 0.500. The van der Waals surface area contributed by atoms with Gasteiger partial charge in [0.1, 0.15) is 11.5 Å². The molecule has 110 valence electrons. The summed E-state index contributed by atoms with van der Waals surface area (Å²) >= 11 is 0. The summed E-state index contributed by atoms with van der Waals surface area (Å²) in [6, 6.07) is -0.209. The summed E-state index contributed by atoms with van der Waals surface area (Å²) in [7, 11) is 0. The molecule has 7 nitrogen and oxygen atoms in total. The molecule has 0 aliphatic carbocycles. The lowest BCUT2D eigenvalue weighted by atomic mass is 10.2. The Kier molecular flexibility index (Phi) is 3.89. The molecule has 0 fully saturated rings. The number of aromatic nitrogens is 5. The zero-order valence-corrected chi connectivity index (χ0v) is 12.0. The first-order valence-electron chi connectivity index (χ1n) is 7.24. The van der Waals surface area contributed by atoms with Gasteiger partial charge in [-0.05, 0) is 19.8 Å². The van der Waals surface area contributed by atoms with Gasteiger partial charge >= 0.3 is 0 Å². The molecule has 1 aliphatic rings. The second-order valence-corrected chi connectivity index (χ2v) is 5.22. The van der Waals surface area contributed by atoms with Crippen LogP contribution in [0, 0.1) is 0 Å². The van der Waals surface area contributed by atoms with Crippen molar-refractivity contribution < 1.29 is 4.79 Å². The van der Waals surface area contributed by atoms with Gasteiger partial charge in [0.2, 0.25) is 0 Å². The molecule has 1 atom stereocenters. The summed E-state index contributed by atoms with van der Waals surface area (Å²) in [5.74, 6) is 1.58. The minimum Gasteiger partial charge on any atom is -0.341 e. The van der Waals surface area contributed by atoms with Gasteiger partial charge in [0.05, 0.1) is 12.2 Å². The lowest BCUT2D eigenvalue weighted by Gasteiger charge is -2.14. The highest BCUT2D eigenvalue weighted by molar-refractivity contribution is 5.92. The Hall–Kier alpha value is -2.31. The number of rotatable bonds is 3. The van der Waals surface area contributed by atoms with Crippen LogP contribution in [0.25, 0.3) is 0 Å². The highest BCUT2D eigenvalue weighted by Gasteiger charge is 2.21. The fourth-order valence-electron chi connectivity index (χ4n) is 2.58. The van der Waals surface area contributed by atoms with Crippen molar-refractivity contribution in [2.75, 3.05) is 0 Å². The molecule has 3 rings (SSSR count). The van der Waals surface area contributed by atoms with Crippen LogP contribution >= 0.6 is 0 Å². The second kappa shape index (κ2) is 5.99. The first kappa shape index (κ1) is 13.7. The Bertz CT molecular complexity index is 624. The topological polar surface area (TPSA) is 85.6 Å². The Morgan fingerprint density at radius 2 is 2.19 bits per heavy atom. The van der Waals surface area contributed by atoms with Gasteiger partial charge in [-0.15, -0.1) is 10.2 Å². The van der Waals surface area contributed by atoms with Crippen LogP contribution in [-0.4, -0.2) is 30.6 Å². The van der Waals surface area contributed by atoms with Crippen molar-refractivity contribution in [2.24, 2.45) is 0 Å². The molecule has 0 bridgehead atoms. The van der Waals surface area contributed by atoms with Gasteiger partial charge in [-0.25, -0.2) is 4.98 Å². The van der Waals surface area contributed by atoms with E-state index in [1.54, 1.807) is 6.20 Å². The van der Waals surface area contributed by atoms with Crippen molar-refractivity contribution in [2.45, 2.75) is 45.2 Å². The first-order chi connectivity index (χ1) is 10.3. The molecular weight excluding hydrogens is 268 g/mol. The van der Waals surface area contributed by atoms with E-state index >= 15 is 0 Å². The van der Waals surface area contributed by atoms with Gasteiger partial charge in [-0.2, -0.15) is 0 Å². The van der Waals surface area contributed by atoms with Gasteiger partial charge in [0.15, 0.2) is 5.82 Å². The van der Waals surface area contributed by atoms with Crippen molar-refractivity contribution in [3.63, 3.8) is 0 Å². The Labute approximate surface area is 122 Å². The van der Waals surface area contributed by atoms with E-state index in [0.29, 0.717) is 5.69 Å². The van der Waals surface area contributed by atoms with Crippen molar-refractivity contribution in [1.82, 2.24) is 30.0 Å². The first-order valence-corrected chi connectivity index (χ1v) is 7.24. The van der Waals surface area contributed by atoms with E-state index in [1.165, 1.54) is 18.8 Å². The van der Waals surface area contributed by atoms with Gasteiger partial charge in [0, 0.05) is 25.4 Å². The van der Waals surface area contributed by atoms with Crippen LogP contribution in [0.15, 0.2) is 18.6 Å². The molecule has 0 saturated heterocycles. The van der Waals surface area contributed by atoms with Crippen LogP contribution in [-0.2, 0) is 13.0 Å². The zero-order chi connectivity index (χ0) is 14.7. The van der Waals surface area contributed by atoms with Crippen LogP contribution in [0.4, 0.5) is 0 Å². The van der Waals surface area contributed by atoms with E-state index in [9.17, 15) is 4.79 Å². The largest absolute Gasteiger partial charge is 0.341 e. The monoisotopic (exact) mass is 286 g/mol. The SMILES string of the molecule is C[C@H](NC(=O)c1cnccn1)c1nnc2n1CCCCC2. The smallest absolute Gasteiger partial charge is 0.272 e. The van der Waals surface area contributed by atoms with E-state index < -0.39 is 0 Å². The average Bonchev–Trinajstić information content (AvgIpc) is 2.77. The van der Waals surface area contributed by atoms with Crippen LogP contribution in [0.2, 0.25) is 0 Å². The molecule has 3 heterocycles. The minimum atomic E-state index is -0.249.